The van der Waals surface area contributed by atoms with Crippen LogP contribution >= 0.6 is 24.8 Å². The molecule has 0 saturated heterocycles. The number of hydrogen-bond acceptors (Lipinski definition) is 8. The molecule has 0 spiro atoms. The van der Waals surface area contributed by atoms with E-state index < -0.39 is 5.76 Å². The van der Waals surface area contributed by atoms with Crippen LogP contribution in [0.25, 0.3) is 11.5 Å². The van der Waals surface area contributed by atoms with Crippen LogP contribution in [0.1, 0.15) is 23.6 Å². The van der Waals surface area contributed by atoms with Crippen molar-refractivity contribution < 1.29 is 14.0 Å². The fourth-order valence-corrected chi connectivity index (χ4v) is 4.32. The van der Waals surface area contributed by atoms with E-state index in [1.165, 1.54) is 18.2 Å². The van der Waals surface area contributed by atoms with Crippen LogP contribution in [-0.4, -0.2) is 76.3 Å². The van der Waals surface area contributed by atoms with Gasteiger partial charge in [0.15, 0.2) is 0 Å². The van der Waals surface area contributed by atoms with Gasteiger partial charge >= 0.3 is 5.76 Å². The molecular weight excluding hydrogens is 557 g/mol. The summed E-state index contributed by atoms with van der Waals surface area (Å²) < 4.78 is 6.31. The van der Waals surface area contributed by atoms with Gasteiger partial charge in [0.05, 0.1) is 6.54 Å². The highest BCUT2D eigenvalue weighted by atomic mass is 35.5. The molecule has 0 atom stereocenters. The summed E-state index contributed by atoms with van der Waals surface area (Å²) >= 11 is 0. The lowest BCUT2D eigenvalue weighted by Gasteiger charge is -2.31. The summed E-state index contributed by atoms with van der Waals surface area (Å²) in [5.41, 5.74) is 4.67. The molecular formula is C27H37Cl2N7O4. The molecule has 0 fully saturated rings. The molecule has 0 bridgehead atoms. The third-order valence-corrected chi connectivity index (χ3v) is 6.70. The number of fused-ring (bicyclic) bond motifs is 1. The molecule has 1 aliphatic heterocycles. The van der Waals surface area contributed by atoms with E-state index in [0.29, 0.717) is 37.4 Å². The van der Waals surface area contributed by atoms with Gasteiger partial charge in [-0.1, -0.05) is 37.3 Å². The van der Waals surface area contributed by atoms with Gasteiger partial charge in [-0.2, -0.15) is 4.68 Å². The van der Waals surface area contributed by atoms with E-state index >= 15 is 0 Å². The normalized spacial score (nSPS) is 12.2. The molecule has 0 radical (unpaired) electrons. The number of nitrogens with zero attached hydrogens (tertiary/aromatic N) is 5. The number of amides is 2. The zero-order valence-corrected chi connectivity index (χ0v) is 24.8. The molecule has 13 heteroatoms. The lowest BCUT2D eigenvalue weighted by atomic mass is 10.1. The van der Waals surface area contributed by atoms with Crippen molar-refractivity contribution in [3.63, 3.8) is 0 Å². The first kappa shape index (κ1) is 32.8. The number of anilines is 1. The maximum absolute atomic E-state index is 13.3. The molecule has 11 nitrogen and oxygen atoms in total. The van der Waals surface area contributed by atoms with Crippen molar-refractivity contribution in [3.05, 3.63) is 69.7 Å². The Morgan fingerprint density at radius 2 is 1.75 bits per heavy atom. The van der Waals surface area contributed by atoms with E-state index in [2.05, 4.69) is 27.9 Å². The number of nitrogens with one attached hydrogen (secondary N) is 2. The van der Waals surface area contributed by atoms with Crippen LogP contribution in [0.3, 0.4) is 0 Å². The highest BCUT2D eigenvalue weighted by Crippen LogP contribution is 2.24. The number of hydrazine groups is 1. The molecule has 2 amide bonds. The highest BCUT2D eigenvalue weighted by Gasteiger charge is 2.27. The van der Waals surface area contributed by atoms with Gasteiger partial charge in [-0.15, -0.1) is 29.9 Å². The SMILES string of the molecule is CCNCCN(CC(=O)N(C)N1Cc2ccccc2C1)C(=O)CNc1cc(-c2nn(C)c(=O)o2)ccc1C.Cl.Cl. The zero-order chi connectivity index (χ0) is 27.2. The number of carbonyl (C=O) groups is 2. The Bertz CT molecular complexity index is 1340. The largest absolute Gasteiger partial charge is 0.437 e. The summed E-state index contributed by atoms with van der Waals surface area (Å²) in [5, 5.41) is 14.1. The number of rotatable bonds is 11. The Kier molecular flexibility index (Phi) is 12.2. The van der Waals surface area contributed by atoms with E-state index in [1.54, 1.807) is 23.0 Å². The van der Waals surface area contributed by atoms with Crippen LogP contribution in [0.15, 0.2) is 51.7 Å². The predicted molar refractivity (Wildman–Crippen MR) is 158 cm³/mol. The van der Waals surface area contributed by atoms with Crippen LogP contribution in [0.2, 0.25) is 0 Å². The van der Waals surface area contributed by atoms with Gasteiger partial charge in [0.1, 0.15) is 6.54 Å². The molecule has 4 rings (SSSR count). The number of likely N-dealkylation sites (N-methyl/N-ethyl adjacent to an activating group) is 2. The van der Waals surface area contributed by atoms with Gasteiger partial charge in [0.25, 0.3) is 5.91 Å². The van der Waals surface area contributed by atoms with Gasteiger partial charge in [0, 0.05) is 51.5 Å². The van der Waals surface area contributed by atoms with Gasteiger partial charge in [-0.3, -0.25) is 14.6 Å². The number of aromatic nitrogens is 2. The first-order valence-corrected chi connectivity index (χ1v) is 12.7. The monoisotopic (exact) mass is 593 g/mol. The number of carbonyl (C=O) groups excluding carboxylic acids is 2. The maximum atomic E-state index is 13.3. The van der Waals surface area contributed by atoms with E-state index in [0.717, 1.165) is 16.8 Å². The Hall–Kier alpha value is -3.38. The number of aryl methyl sites for hydroxylation is 2. The van der Waals surface area contributed by atoms with Crippen LogP contribution in [0.5, 0.6) is 0 Å². The van der Waals surface area contributed by atoms with E-state index in [9.17, 15) is 14.4 Å². The second kappa shape index (κ2) is 14.8. The number of hydrogen-bond donors (Lipinski definition) is 2. The third-order valence-electron chi connectivity index (χ3n) is 6.70. The number of halogens is 2. The van der Waals surface area contributed by atoms with E-state index in [1.807, 2.05) is 43.1 Å². The summed E-state index contributed by atoms with van der Waals surface area (Å²) in [6.45, 7) is 7.00. The van der Waals surface area contributed by atoms with Crippen LogP contribution < -0.4 is 16.4 Å². The fraction of sp³-hybridized carbons (Fsp3) is 0.407. The molecule has 3 aromatic rings. The second-order valence-corrected chi connectivity index (χ2v) is 9.36. The van der Waals surface area contributed by atoms with E-state index in [-0.39, 0.29) is 55.6 Å². The first-order valence-electron chi connectivity index (χ1n) is 12.7. The average molecular weight is 595 g/mol. The lowest BCUT2D eigenvalue weighted by Crippen LogP contribution is -2.49. The van der Waals surface area contributed by atoms with Crippen molar-refractivity contribution >= 4 is 42.3 Å². The maximum Gasteiger partial charge on any atom is 0.437 e. The first-order chi connectivity index (χ1) is 18.3. The van der Waals surface area contributed by atoms with Crippen LogP contribution in [0, 0.1) is 6.92 Å². The molecule has 1 aromatic heterocycles. The molecule has 2 N–H and O–H groups in total. The van der Waals surface area contributed by atoms with Gasteiger partial charge in [-0.05, 0) is 42.3 Å². The van der Waals surface area contributed by atoms with Gasteiger partial charge in [-0.25, -0.2) is 9.80 Å². The summed E-state index contributed by atoms with van der Waals surface area (Å²) in [6, 6.07) is 13.6. The molecule has 0 unspecified atom stereocenters. The average Bonchev–Trinajstić information content (AvgIpc) is 3.49. The van der Waals surface area contributed by atoms with Gasteiger partial charge in [0.2, 0.25) is 11.8 Å². The highest BCUT2D eigenvalue weighted by molar-refractivity contribution is 5.87. The molecule has 40 heavy (non-hydrogen) atoms. The van der Waals surface area contributed by atoms with Crippen LogP contribution in [0.4, 0.5) is 5.69 Å². The molecule has 2 heterocycles. The van der Waals surface area contributed by atoms with Crippen molar-refractivity contribution in [1.82, 2.24) is 30.0 Å². The minimum absolute atomic E-state index is 0. The van der Waals surface area contributed by atoms with Crippen molar-refractivity contribution in [2.75, 3.05) is 45.1 Å². The van der Waals surface area contributed by atoms with Crippen molar-refractivity contribution in [2.24, 2.45) is 7.05 Å². The summed E-state index contributed by atoms with van der Waals surface area (Å²) in [4.78, 5) is 39.7. The Morgan fingerprint density at radius 1 is 1.07 bits per heavy atom. The topological polar surface area (TPSA) is 116 Å². The third kappa shape index (κ3) is 7.85. The molecule has 0 aliphatic carbocycles. The minimum atomic E-state index is -0.547. The predicted octanol–water partition coefficient (Wildman–Crippen LogP) is 2.43. The Labute approximate surface area is 246 Å². The van der Waals surface area contributed by atoms with E-state index in [4.69, 9.17) is 4.42 Å². The minimum Gasteiger partial charge on any atom is -0.388 e. The second-order valence-electron chi connectivity index (χ2n) is 9.36. The van der Waals surface area contributed by atoms with Crippen LogP contribution in [-0.2, 0) is 29.7 Å². The number of benzene rings is 2. The molecule has 1 aliphatic rings. The fourth-order valence-electron chi connectivity index (χ4n) is 4.32. The molecule has 2 aromatic carbocycles. The molecule has 218 valence electrons. The quantitative estimate of drug-likeness (QED) is 0.326. The smallest absolute Gasteiger partial charge is 0.388 e. The zero-order valence-electron chi connectivity index (χ0n) is 23.2. The Morgan fingerprint density at radius 3 is 2.35 bits per heavy atom. The lowest BCUT2D eigenvalue weighted by molar-refractivity contribution is -0.151. The summed E-state index contributed by atoms with van der Waals surface area (Å²) in [6.07, 6.45) is 0. The summed E-state index contributed by atoms with van der Waals surface area (Å²) in [5.74, 6) is -0.680. The van der Waals surface area contributed by atoms with Crippen molar-refractivity contribution in [1.29, 1.82) is 0 Å². The summed E-state index contributed by atoms with van der Waals surface area (Å²) in [7, 11) is 3.27. The molecule has 0 saturated carbocycles. The Balaban J connectivity index is 0.00000280. The standard InChI is InChI=1S/C27H35N7O4.2ClH/c1-5-28-12-13-33(18-25(36)32(4)34-16-21-8-6-7-9-22(21)17-34)24(35)15-29-23-14-20(11-10-19(23)2)26-30-31(3)27(37)38-26;;/h6-11,14,28-29H,5,12-13,15-18H2,1-4H3;2*1H. The van der Waals surface area contributed by atoms with Crippen molar-refractivity contribution in [3.8, 4) is 11.5 Å². The van der Waals surface area contributed by atoms with Crippen molar-refractivity contribution in [2.45, 2.75) is 26.9 Å². The van der Waals surface area contributed by atoms with Gasteiger partial charge < -0.3 is 20.0 Å².